The van der Waals surface area contributed by atoms with Crippen LogP contribution in [0.3, 0.4) is 0 Å². The van der Waals surface area contributed by atoms with Gasteiger partial charge in [0, 0.05) is 31.7 Å². The average molecular weight is 300 g/mol. The van der Waals surface area contributed by atoms with E-state index in [1.807, 2.05) is 12.4 Å². The molecule has 0 saturated carbocycles. The van der Waals surface area contributed by atoms with Gasteiger partial charge in [-0.25, -0.2) is 4.98 Å². The summed E-state index contributed by atoms with van der Waals surface area (Å²) in [6, 6.07) is 0.733. The van der Waals surface area contributed by atoms with E-state index in [2.05, 4.69) is 31.9 Å². The maximum Gasteiger partial charge on any atom is 0.141 e. The van der Waals surface area contributed by atoms with Crippen LogP contribution in [0.1, 0.15) is 31.2 Å². The second kappa shape index (κ2) is 5.85. The molecule has 2 N–H and O–H groups in total. The van der Waals surface area contributed by atoms with Gasteiger partial charge in [0.2, 0.25) is 0 Å². The average Bonchev–Trinajstić information content (AvgIpc) is 3.23. The summed E-state index contributed by atoms with van der Waals surface area (Å²) in [6.45, 7) is 8.08. The van der Waals surface area contributed by atoms with Crippen molar-refractivity contribution in [3.05, 3.63) is 23.8 Å². The molecule has 4 rings (SSSR count). The molecule has 6 nitrogen and oxygen atoms in total. The van der Waals surface area contributed by atoms with Gasteiger partial charge in [0.15, 0.2) is 0 Å². The SMILES string of the molecule is CCN1CCC(N2CCc3nc(-c4cn[nH]c4)[nH]c3C2)CC1. The molecular weight excluding hydrogens is 276 g/mol. The van der Waals surface area contributed by atoms with E-state index in [1.165, 1.54) is 43.9 Å². The van der Waals surface area contributed by atoms with Crippen LogP contribution in [0.5, 0.6) is 0 Å². The third-order valence-electron chi connectivity index (χ3n) is 5.15. The number of H-pyrrole nitrogens is 2. The molecule has 0 atom stereocenters. The fourth-order valence-corrected chi connectivity index (χ4v) is 3.74. The van der Waals surface area contributed by atoms with Crippen molar-refractivity contribution in [3.8, 4) is 11.4 Å². The molecule has 0 amide bonds. The minimum Gasteiger partial charge on any atom is -0.340 e. The molecule has 2 aromatic rings. The molecule has 0 aromatic carbocycles. The Morgan fingerprint density at radius 3 is 2.86 bits per heavy atom. The molecule has 0 radical (unpaired) electrons. The Morgan fingerprint density at radius 1 is 1.27 bits per heavy atom. The van der Waals surface area contributed by atoms with Gasteiger partial charge in [-0.3, -0.25) is 10.00 Å². The third-order valence-corrected chi connectivity index (χ3v) is 5.15. The molecule has 0 spiro atoms. The van der Waals surface area contributed by atoms with Crippen LogP contribution in [-0.2, 0) is 13.0 Å². The highest BCUT2D eigenvalue weighted by molar-refractivity contribution is 5.53. The monoisotopic (exact) mass is 300 g/mol. The lowest BCUT2D eigenvalue weighted by atomic mass is 10.0. The summed E-state index contributed by atoms with van der Waals surface area (Å²) in [5, 5.41) is 6.86. The van der Waals surface area contributed by atoms with Gasteiger partial charge in [-0.1, -0.05) is 6.92 Å². The molecule has 6 heteroatoms. The molecule has 2 aliphatic rings. The van der Waals surface area contributed by atoms with E-state index >= 15 is 0 Å². The number of hydrogen-bond acceptors (Lipinski definition) is 4. The Labute approximate surface area is 130 Å². The van der Waals surface area contributed by atoms with Gasteiger partial charge in [-0.15, -0.1) is 0 Å². The maximum atomic E-state index is 4.75. The standard InChI is InChI=1S/C16H24N6/c1-2-21-6-3-13(4-7-21)22-8-5-14-15(11-22)20-16(19-14)12-9-17-18-10-12/h9-10,13H,2-8,11H2,1H3,(H,17,18)(H,19,20). The molecular formula is C16H24N6. The van der Waals surface area contributed by atoms with Crippen LogP contribution < -0.4 is 0 Å². The minimum atomic E-state index is 0.733. The number of aromatic nitrogens is 4. The first-order valence-electron chi connectivity index (χ1n) is 8.37. The van der Waals surface area contributed by atoms with Crippen LogP contribution in [-0.4, -0.2) is 62.2 Å². The Kier molecular flexibility index (Phi) is 3.72. The van der Waals surface area contributed by atoms with E-state index in [0.717, 1.165) is 36.9 Å². The fourth-order valence-electron chi connectivity index (χ4n) is 3.74. The molecule has 4 heterocycles. The Hall–Kier alpha value is -1.66. The highest BCUT2D eigenvalue weighted by Gasteiger charge is 2.28. The van der Waals surface area contributed by atoms with E-state index in [4.69, 9.17) is 4.98 Å². The maximum absolute atomic E-state index is 4.75. The molecule has 2 aliphatic heterocycles. The summed E-state index contributed by atoms with van der Waals surface area (Å²) in [6.07, 6.45) is 7.36. The molecule has 0 bridgehead atoms. The lowest BCUT2D eigenvalue weighted by Gasteiger charge is -2.39. The Morgan fingerprint density at radius 2 is 2.14 bits per heavy atom. The lowest BCUT2D eigenvalue weighted by Crippen LogP contribution is -2.46. The van der Waals surface area contributed by atoms with E-state index in [0.29, 0.717) is 0 Å². The molecule has 1 saturated heterocycles. The van der Waals surface area contributed by atoms with Gasteiger partial charge >= 0.3 is 0 Å². The van der Waals surface area contributed by atoms with Gasteiger partial charge in [0.05, 0.1) is 23.1 Å². The Bertz CT molecular complexity index is 609. The summed E-state index contributed by atoms with van der Waals surface area (Å²) < 4.78 is 0. The van der Waals surface area contributed by atoms with E-state index in [9.17, 15) is 0 Å². The van der Waals surface area contributed by atoms with E-state index in [1.54, 1.807) is 0 Å². The van der Waals surface area contributed by atoms with Crippen LogP contribution >= 0.6 is 0 Å². The summed E-state index contributed by atoms with van der Waals surface area (Å²) >= 11 is 0. The van der Waals surface area contributed by atoms with Crippen molar-refractivity contribution in [2.24, 2.45) is 0 Å². The molecule has 2 aromatic heterocycles. The first-order valence-corrected chi connectivity index (χ1v) is 8.37. The molecule has 0 aliphatic carbocycles. The lowest BCUT2D eigenvalue weighted by molar-refractivity contribution is 0.0994. The first kappa shape index (κ1) is 14.0. The number of nitrogens with zero attached hydrogens (tertiary/aromatic N) is 4. The smallest absolute Gasteiger partial charge is 0.141 e. The molecule has 22 heavy (non-hydrogen) atoms. The van der Waals surface area contributed by atoms with Crippen molar-refractivity contribution in [2.45, 2.75) is 38.8 Å². The zero-order chi connectivity index (χ0) is 14.9. The first-order chi connectivity index (χ1) is 10.8. The number of fused-ring (bicyclic) bond motifs is 1. The van der Waals surface area contributed by atoms with E-state index < -0.39 is 0 Å². The molecule has 118 valence electrons. The normalized spacial score (nSPS) is 21.1. The van der Waals surface area contributed by atoms with Crippen molar-refractivity contribution in [1.82, 2.24) is 30.0 Å². The number of piperidine rings is 1. The summed E-state index contributed by atoms with van der Waals surface area (Å²) in [7, 11) is 0. The largest absolute Gasteiger partial charge is 0.340 e. The van der Waals surface area contributed by atoms with Crippen LogP contribution in [0.2, 0.25) is 0 Å². The van der Waals surface area contributed by atoms with Gasteiger partial charge in [0.1, 0.15) is 5.82 Å². The highest BCUT2D eigenvalue weighted by atomic mass is 15.2. The van der Waals surface area contributed by atoms with Gasteiger partial charge < -0.3 is 9.88 Å². The van der Waals surface area contributed by atoms with Crippen molar-refractivity contribution in [2.75, 3.05) is 26.2 Å². The van der Waals surface area contributed by atoms with E-state index in [-0.39, 0.29) is 0 Å². The molecule has 0 unspecified atom stereocenters. The van der Waals surface area contributed by atoms with Crippen molar-refractivity contribution < 1.29 is 0 Å². The second-order valence-corrected chi connectivity index (χ2v) is 6.38. The summed E-state index contributed by atoms with van der Waals surface area (Å²) in [4.78, 5) is 13.4. The predicted octanol–water partition coefficient (Wildman–Crippen LogP) is 1.64. The number of nitrogens with one attached hydrogen (secondary N) is 2. The topological polar surface area (TPSA) is 63.8 Å². The van der Waals surface area contributed by atoms with Crippen molar-refractivity contribution in [3.63, 3.8) is 0 Å². The van der Waals surface area contributed by atoms with Crippen LogP contribution in [0.25, 0.3) is 11.4 Å². The second-order valence-electron chi connectivity index (χ2n) is 6.38. The number of aromatic amines is 2. The zero-order valence-electron chi connectivity index (χ0n) is 13.2. The van der Waals surface area contributed by atoms with Crippen molar-refractivity contribution in [1.29, 1.82) is 0 Å². The zero-order valence-corrected chi connectivity index (χ0v) is 13.2. The Balaban J connectivity index is 1.45. The molecule has 1 fully saturated rings. The number of rotatable bonds is 3. The minimum absolute atomic E-state index is 0.733. The number of hydrogen-bond donors (Lipinski definition) is 2. The number of imidazole rings is 1. The van der Waals surface area contributed by atoms with Gasteiger partial charge in [0.25, 0.3) is 0 Å². The quantitative estimate of drug-likeness (QED) is 0.904. The summed E-state index contributed by atoms with van der Waals surface area (Å²) in [5.74, 6) is 0.946. The summed E-state index contributed by atoms with van der Waals surface area (Å²) in [5.41, 5.74) is 3.57. The van der Waals surface area contributed by atoms with Crippen LogP contribution in [0.15, 0.2) is 12.4 Å². The van der Waals surface area contributed by atoms with Gasteiger partial charge in [-0.05, 0) is 32.5 Å². The fraction of sp³-hybridized carbons (Fsp3) is 0.625. The highest BCUT2D eigenvalue weighted by Crippen LogP contribution is 2.26. The van der Waals surface area contributed by atoms with Crippen molar-refractivity contribution >= 4 is 0 Å². The van der Waals surface area contributed by atoms with Crippen LogP contribution in [0.4, 0.5) is 0 Å². The van der Waals surface area contributed by atoms with Crippen LogP contribution in [0, 0.1) is 0 Å². The number of likely N-dealkylation sites (tertiary alicyclic amines) is 1. The third kappa shape index (κ3) is 2.57. The predicted molar refractivity (Wildman–Crippen MR) is 85.4 cm³/mol. The van der Waals surface area contributed by atoms with Gasteiger partial charge in [-0.2, -0.15) is 5.10 Å².